The van der Waals surface area contributed by atoms with E-state index in [0.29, 0.717) is 0 Å². The molecule has 1 amide bonds. The molecule has 0 aliphatic carbocycles. The molecule has 0 saturated heterocycles. The summed E-state index contributed by atoms with van der Waals surface area (Å²) in [6, 6.07) is 0.229. The van der Waals surface area contributed by atoms with Gasteiger partial charge in [0.2, 0.25) is 16.3 Å². The minimum atomic E-state index is -4.41. The van der Waals surface area contributed by atoms with Gasteiger partial charge >= 0.3 is 0 Å². The van der Waals surface area contributed by atoms with E-state index in [1.54, 1.807) is 0 Å². The molecule has 1 N–H and O–H groups in total. The van der Waals surface area contributed by atoms with Crippen molar-refractivity contribution in [3.63, 3.8) is 0 Å². The van der Waals surface area contributed by atoms with Gasteiger partial charge in [-0.15, -0.1) is 0 Å². The molecular weight excluding hydrogens is 308 g/mol. The number of rotatable bonds is 9. The third kappa shape index (κ3) is 11.7. The monoisotopic (exact) mass is 338 g/mol. The Morgan fingerprint density at radius 1 is 1.32 bits per heavy atom. The summed E-state index contributed by atoms with van der Waals surface area (Å²) >= 11 is 0. The summed E-state index contributed by atoms with van der Waals surface area (Å²) in [5, 5.41) is 2.91. The summed E-state index contributed by atoms with van der Waals surface area (Å²) < 4.78 is 32.2. The van der Waals surface area contributed by atoms with Gasteiger partial charge in [-0.25, -0.2) is 8.42 Å². The maximum absolute atomic E-state index is 11.1. The highest BCUT2D eigenvalue weighted by atomic mass is 32.3. The molecule has 22 heavy (non-hydrogen) atoms. The largest absolute Gasteiger partial charge is 0.726 e. The number of carbonyl (C=O) groups excluding carboxylic acids is 1. The van der Waals surface area contributed by atoms with Crippen molar-refractivity contribution in [1.82, 2.24) is 5.32 Å². The summed E-state index contributed by atoms with van der Waals surface area (Å²) in [7, 11) is -3.60. The lowest BCUT2D eigenvalue weighted by atomic mass is 10.2. The van der Waals surface area contributed by atoms with Crippen LogP contribution in [-0.2, 0) is 19.4 Å². The highest BCUT2D eigenvalue weighted by molar-refractivity contribution is 7.80. The number of nitrogens with one attached hydrogen (secondary N) is 1. The second-order valence-corrected chi connectivity index (χ2v) is 6.14. The third-order valence-corrected chi connectivity index (χ3v) is 4.24. The fourth-order valence-electron chi connectivity index (χ4n) is 1.99. The first-order valence-electron chi connectivity index (χ1n) is 7.39. The lowest BCUT2D eigenvalue weighted by Crippen LogP contribution is -2.49. The minimum absolute atomic E-state index is 0.0740. The van der Waals surface area contributed by atoms with Gasteiger partial charge < -0.3 is 14.4 Å². The molecule has 1 unspecified atom stereocenters. The molecule has 0 aliphatic heterocycles. The maximum Gasteiger partial charge on any atom is 0.243 e. The molecule has 0 spiro atoms. The molecule has 0 bridgehead atoms. The van der Waals surface area contributed by atoms with Crippen LogP contribution < -0.4 is 5.32 Å². The Kier molecular flexibility index (Phi) is 12.3. The van der Waals surface area contributed by atoms with E-state index in [1.807, 2.05) is 0 Å². The normalized spacial score (nSPS) is 12.8. The lowest BCUT2D eigenvalue weighted by molar-refractivity contribution is -0.923. The van der Waals surface area contributed by atoms with Crippen molar-refractivity contribution in [1.29, 1.82) is 0 Å². The average molecular weight is 338 g/mol. The summed E-state index contributed by atoms with van der Waals surface area (Å²) in [5.74, 6) is -0.0740. The predicted octanol–water partition coefficient (Wildman–Crippen LogP) is 1.04. The zero-order valence-electron chi connectivity index (χ0n) is 14.3. The summed E-state index contributed by atoms with van der Waals surface area (Å²) in [4.78, 5) is 11.1. The van der Waals surface area contributed by atoms with Crippen LogP contribution in [0, 0.1) is 0 Å². The fraction of sp³-hybridized carbons (Fsp3) is 0.786. The molecule has 0 aromatic carbocycles. The second-order valence-electron chi connectivity index (χ2n) is 4.99. The highest BCUT2D eigenvalue weighted by Crippen LogP contribution is 2.08. The molecule has 0 radical (unpaired) electrons. The van der Waals surface area contributed by atoms with Crippen LogP contribution in [0.5, 0.6) is 0 Å². The van der Waals surface area contributed by atoms with Crippen LogP contribution in [0.1, 0.15) is 34.1 Å². The van der Waals surface area contributed by atoms with Crippen LogP contribution in [0.2, 0.25) is 0 Å². The fourth-order valence-corrected chi connectivity index (χ4v) is 1.99. The van der Waals surface area contributed by atoms with Gasteiger partial charge in [0.25, 0.3) is 0 Å². The first-order chi connectivity index (χ1) is 10.1. The van der Waals surface area contributed by atoms with Gasteiger partial charge in [0.15, 0.2) is 0 Å². The Balaban J connectivity index is 0. The first kappa shape index (κ1) is 23.3. The summed E-state index contributed by atoms with van der Waals surface area (Å²) in [5.41, 5.74) is 0. The molecule has 0 heterocycles. The Hall–Kier alpha value is -0.960. The Bertz CT molecular complexity index is 411. The van der Waals surface area contributed by atoms with Crippen molar-refractivity contribution in [2.24, 2.45) is 0 Å². The van der Waals surface area contributed by atoms with Gasteiger partial charge in [0, 0.05) is 12.5 Å². The number of amides is 1. The van der Waals surface area contributed by atoms with Gasteiger partial charge in [-0.3, -0.25) is 8.98 Å². The molecular formula is C14H30N2O5S. The van der Waals surface area contributed by atoms with E-state index in [4.69, 9.17) is 0 Å². The quantitative estimate of drug-likeness (QED) is 0.293. The average Bonchev–Trinajstić information content (AvgIpc) is 2.49. The van der Waals surface area contributed by atoms with Gasteiger partial charge in [0.05, 0.1) is 33.3 Å². The van der Waals surface area contributed by atoms with Crippen molar-refractivity contribution in [2.75, 3.05) is 33.3 Å². The topological polar surface area (TPSA) is 95.5 Å². The number of nitrogens with zero attached hydrogens (tertiary/aromatic N) is 1. The van der Waals surface area contributed by atoms with Crippen molar-refractivity contribution >= 4 is 16.3 Å². The van der Waals surface area contributed by atoms with E-state index in [2.05, 4.69) is 43.8 Å². The van der Waals surface area contributed by atoms with Crippen LogP contribution in [0.15, 0.2) is 12.7 Å². The van der Waals surface area contributed by atoms with Crippen LogP contribution in [0.25, 0.3) is 0 Å². The Morgan fingerprint density at radius 3 is 2.00 bits per heavy atom. The minimum Gasteiger partial charge on any atom is -0.726 e. The van der Waals surface area contributed by atoms with Crippen LogP contribution in [-0.4, -0.2) is 62.7 Å². The second kappa shape index (κ2) is 11.6. The SMILES string of the molecule is C=CC(=O)NC(C)CC[N+](CC)(CC)CC.COS(=O)(=O)[O-]. The van der Waals surface area contributed by atoms with E-state index >= 15 is 0 Å². The number of carbonyl (C=O) groups is 1. The van der Waals surface area contributed by atoms with E-state index in [-0.39, 0.29) is 11.9 Å². The molecule has 0 aromatic heterocycles. The number of hydrogen-bond donors (Lipinski definition) is 1. The molecule has 0 saturated carbocycles. The number of hydrogen-bond acceptors (Lipinski definition) is 5. The molecule has 8 heteroatoms. The molecule has 0 aromatic rings. The molecule has 0 aliphatic rings. The smallest absolute Gasteiger partial charge is 0.243 e. The molecule has 0 fully saturated rings. The van der Waals surface area contributed by atoms with Crippen molar-refractivity contribution in [3.8, 4) is 0 Å². The van der Waals surface area contributed by atoms with Gasteiger partial charge in [-0.1, -0.05) is 6.58 Å². The van der Waals surface area contributed by atoms with E-state index in [0.717, 1.165) is 44.2 Å². The molecule has 1 atom stereocenters. The standard InChI is InChI=1S/C13H26N2O.CH4O4S/c1-6-13(16)14-12(5)10-11-15(7-2,8-3)9-4;1-5-6(2,3)4/h6,12H,1,7-11H2,2-5H3;1H3,(H,2,3,4). The molecule has 7 nitrogen and oxygen atoms in total. The lowest BCUT2D eigenvalue weighted by Gasteiger charge is -2.36. The molecule has 0 rings (SSSR count). The van der Waals surface area contributed by atoms with Gasteiger partial charge in [0.1, 0.15) is 0 Å². The first-order valence-corrected chi connectivity index (χ1v) is 8.72. The summed E-state index contributed by atoms with van der Waals surface area (Å²) in [6.07, 6.45) is 2.35. The maximum atomic E-state index is 11.1. The zero-order chi connectivity index (χ0) is 17.8. The van der Waals surface area contributed by atoms with Gasteiger partial charge in [-0.05, 0) is 33.8 Å². The summed E-state index contributed by atoms with van der Waals surface area (Å²) in [6.45, 7) is 16.8. The van der Waals surface area contributed by atoms with E-state index in [1.165, 1.54) is 6.08 Å². The van der Waals surface area contributed by atoms with E-state index < -0.39 is 10.4 Å². The highest BCUT2D eigenvalue weighted by Gasteiger charge is 2.21. The molecule has 132 valence electrons. The van der Waals surface area contributed by atoms with Crippen LogP contribution >= 0.6 is 0 Å². The number of quaternary nitrogens is 1. The predicted molar refractivity (Wildman–Crippen MR) is 85.9 cm³/mol. The van der Waals surface area contributed by atoms with Gasteiger partial charge in [-0.2, -0.15) is 0 Å². The Morgan fingerprint density at radius 2 is 1.73 bits per heavy atom. The Labute approximate surface area is 134 Å². The zero-order valence-corrected chi connectivity index (χ0v) is 15.1. The van der Waals surface area contributed by atoms with Crippen molar-refractivity contribution < 1.29 is 26.4 Å². The van der Waals surface area contributed by atoms with Crippen LogP contribution in [0.4, 0.5) is 0 Å². The van der Waals surface area contributed by atoms with E-state index in [9.17, 15) is 17.8 Å². The van der Waals surface area contributed by atoms with Crippen molar-refractivity contribution in [3.05, 3.63) is 12.7 Å². The van der Waals surface area contributed by atoms with Crippen molar-refractivity contribution in [2.45, 2.75) is 40.2 Å². The third-order valence-electron chi connectivity index (χ3n) is 3.83. The van der Waals surface area contributed by atoms with Crippen LogP contribution in [0.3, 0.4) is 0 Å².